The summed E-state index contributed by atoms with van der Waals surface area (Å²) in [5.41, 5.74) is 40.2. The molecule has 0 bridgehead atoms. The molecule has 0 atom stereocenters. The van der Waals surface area contributed by atoms with Crippen molar-refractivity contribution in [2.24, 2.45) is 0 Å². The zero-order valence-corrected chi connectivity index (χ0v) is 73.6. The van der Waals surface area contributed by atoms with E-state index in [-0.39, 0.29) is 0 Å². The molecule has 20 aromatic carbocycles. The average molecular weight is 1640 g/mol. The highest BCUT2D eigenvalue weighted by Gasteiger charge is 2.24. The Labute approximate surface area is 746 Å². The monoisotopic (exact) mass is 1640 g/mol. The predicted octanol–water partition coefficient (Wildman–Crippen LogP) is 34.4. The molecule has 24 rings (SSSR count). The first-order chi connectivity index (χ1) is 62.9. The van der Waals surface area contributed by atoms with Crippen LogP contribution in [0.25, 0.3) is 242 Å². The maximum atomic E-state index is 2.42. The Bertz CT molecular complexity index is 8070. The number of rotatable bonds is 14. The zero-order valence-electron chi connectivity index (χ0n) is 73.6. The third-order valence-corrected chi connectivity index (χ3v) is 27.7. The molecule has 0 N–H and O–H groups in total. The Hall–Kier alpha value is -15.4. The van der Waals surface area contributed by atoms with E-state index in [1.165, 1.54) is 264 Å². The van der Waals surface area contributed by atoms with Crippen LogP contribution in [0.5, 0.6) is 0 Å². The van der Waals surface area contributed by atoms with Gasteiger partial charge in [0.1, 0.15) is 0 Å². The van der Waals surface area contributed by atoms with E-state index < -0.39 is 0 Å². The van der Waals surface area contributed by atoms with E-state index in [0.29, 0.717) is 0 Å². The van der Waals surface area contributed by atoms with Gasteiger partial charge in [0.25, 0.3) is 0 Å². The van der Waals surface area contributed by atoms with E-state index in [4.69, 9.17) is 0 Å². The van der Waals surface area contributed by atoms with Gasteiger partial charge < -0.3 is 18.3 Å². The minimum absolute atomic E-state index is 0.951. The van der Waals surface area contributed by atoms with Gasteiger partial charge in [-0.25, -0.2) is 0 Å². The molecule has 4 aromatic heterocycles. The van der Waals surface area contributed by atoms with Gasteiger partial charge >= 0.3 is 0 Å². The van der Waals surface area contributed by atoms with Gasteiger partial charge in [-0.1, -0.05) is 338 Å². The lowest BCUT2D eigenvalue weighted by atomic mass is 9.84. The lowest BCUT2D eigenvalue weighted by molar-refractivity contribution is 0.827. The Balaban J connectivity index is 0.000000149. The highest BCUT2D eigenvalue weighted by Crippen LogP contribution is 2.49. The summed E-state index contributed by atoms with van der Waals surface area (Å²) in [6, 6.07) is 146. The number of benzene rings is 20. The second-order valence-electron chi connectivity index (χ2n) is 35.1. The van der Waals surface area contributed by atoms with Crippen LogP contribution in [0.1, 0.15) is 49.9 Å². The van der Waals surface area contributed by atoms with Crippen molar-refractivity contribution < 1.29 is 0 Å². The van der Waals surface area contributed by atoms with Crippen LogP contribution in [-0.2, 0) is 26.2 Å². The van der Waals surface area contributed by atoms with Crippen molar-refractivity contribution in [3.8, 4) is 111 Å². The minimum Gasteiger partial charge on any atom is -0.341 e. The quantitative estimate of drug-likeness (QED) is 0.0967. The van der Waals surface area contributed by atoms with E-state index in [1.54, 1.807) is 0 Å². The van der Waals surface area contributed by atoms with Gasteiger partial charge in [0.2, 0.25) is 0 Å². The van der Waals surface area contributed by atoms with Crippen molar-refractivity contribution in [3.63, 3.8) is 0 Å². The fourth-order valence-corrected chi connectivity index (χ4v) is 21.5. The highest BCUT2D eigenvalue weighted by atomic mass is 15.0. The summed E-state index contributed by atoms with van der Waals surface area (Å²) < 4.78 is 9.67. The molecule has 0 unspecified atom stereocenters. The summed E-state index contributed by atoms with van der Waals surface area (Å²) in [6.07, 6.45) is 0. The second kappa shape index (κ2) is 31.4. The molecule has 0 saturated heterocycles. The number of nitrogens with zero attached hydrogens (tertiary/aromatic N) is 4. The average Bonchev–Trinajstić information content (AvgIpc) is 0.867. The fourth-order valence-electron chi connectivity index (χ4n) is 21.5. The van der Waals surface area contributed by atoms with Crippen LogP contribution in [0.15, 0.2) is 388 Å². The Morgan fingerprint density at radius 2 is 0.297 bits per heavy atom. The number of aryl methyl sites for hydroxylation is 8. The van der Waals surface area contributed by atoms with E-state index in [9.17, 15) is 0 Å². The maximum absolute atomic E-state index is 2.42. The molecule has 0 aliphatic heterocycles. The summed E-state index contributed by atoms with van der Waals surface area (Å²) in [4.78, 5) is 0. The molecule has 24 aromatic rings. The lowest BCUT2D eigenvalue weighted by Gasteiger charge is -2.19. The number of hydrogen-bond donors (Lipinski definition) is 0. The van der Waals surface area contributed by atoms with E-state index in [1.807, 2.05) is 0 Å². The van der Waals surface area contributed by atoms with Crippen LogP contribution in [0, 0.1) is 27.7 Å². The molecular formula is C124H96N4. The summed E-state index contributed by atoms with van der Waals surface area (Å²) in [5.74, 6) is 0. The minimum atomic E-state index is 0.951. The fraction of sp³-hybridized carbons (Fsp3) is 0.0968. The molecule has 4 heteroatoms. The first-order valence-corrected chi connectivity index (χ1v) is 45.5. The van der Waals surface area contributed by atoms with Crippen molar-refractivity contribution in [2.45, 2.75) is 81.6 Å². The molecule has 0 saturated carbocycles. The molecule has 0 radical (unpaired) electrons. The molecule has 0 spiro atoms. The van der Waals surface area contributed by atoms with Crippen molar-refractivity contribution in [2.75, 3.05) is 0 Å². The summed E-state index contributed by atoms with van der Waals surface area (Å²) >= 11 is 0. The van der Waals surface area contributed by atoms with Crippen LogP contribution in [0.3, 0.4) is 0 Å². The molecular weight excluding hydrogens is 1550 g/mol. The SMILES string of the molecule is CCn1c2ccccc2c2cc(-c3ccc(-c4c5ccc(C)cc5c(-c5ccc(-c6ccc7c(c6)c6ccccc6n7CC)cc5)c5ccc(C)cc45)cc3)ccc21.CCn1c2ccccc2c2cc(-c3ccc(-c4ccc(-c5c6ccc(C)cc6c(-c6ccc(-c7ccc(-c8ccc9c(c8)c8ccccc8n9CC)cc7)cc6)c6ccc(C)cc56)cc4)cc3)ccc21. The first-order valence-electron chi connectivity index (χ1n) is 45.5. The molecule has 612 valence electrons. The number of hydrogen-bond acceptors (Lipinski definition) is 0. The first kappa shape index (κ1) is 77.4. The van der Waals surface area contributed by atoms with Crippen molar-refractivity contribution in [1.29, 1.82) is 0 Å². The van der Waals surface area contributed by atoms with Crippen molar-refractivity contribution >= 4 is 130 Å². The standard InChI is InChI=1S/C68H52N2.C56H44N2/c1-5-69-63-13-9-7-11-55(63)59-41-53(33-37-65(59)69)49-21-17-45(18-22-49)47-25-29-51(30-26-47)67-57-35-15-44(4)40-62(57)68(58-36-16-43(3)39-61(58)67)52-31-27-48(28-32-52)46-19-23-50(24-20-46)54-34-38-66-60(42-54)56-12-8-10-14-64(56)70(66)6-2;1-5-57-51-13-9-7-11-43(51)47-33-41(25-29-53(47)57)37-17-21-39(22-18-37)55-45-27-15-36(4)32-50(45)56(46-28-16-35(3)31-49(46)55)40-23-19-38(20-24-40)42-26-30-54-48(34-42)44-12-8-10-14-52(44)58(54)6-2/h7-42H,5-6H2,1-4H3;7-34H,5-6H2,1-4H3. The van der Waals surface area contributed by atoms with Gasteiger partial charge in [-0.15, -0.1) is 0 Å². The molecule has 0 aliphatic carbocycles. The number of para-hydroxylation sites is 4. The third-order valence-electron chi connectivity index (χ3n) is 27.7. The highest BCUT2D eigenvalue weighted by molar-refractivity contribution is 6.24. The topological polar surface area (TPSA) is 19.7 Å². The van der Waals surface area contributed by atoms with Gasteiger partial charge in [-0.05, 0) is 283 Å². The van der Waals surface area contributed by atoms with Crippen LogP contribution in [0.4, 0.5) is 0 Å². The molecule has 4 nitrogen and oxygen atoms in total. The van der Waals surface area contributed by atoms with Crippen LogP contribution < -0.4 is 0 Å². The smallest absolute Gasteiger partial charge is 0.0491 e. The zero-order chi connectivity index (χ0) is 86.1. The Morgan fingerprint density at radius 3 is 0.492 bits per heavy atom. The molecule has 0 fully saturated rings. The summed E-state index contributed by atoms with van der Waals surface area (Å²) in [7, 11) is 0. The molecule has 128 heavy (non-hydrogen) atoms. The second-order valence-corrected chi connectivity index (χ2v) is 35.1. The number of aromatic nitrogens is 4. The van der Waals surface area contributed by atoms with E-state index >= 15 is 0 Å². The van der Waals surface area contributed by atoms with Crippen LogP contribution in [0.2, 0.25) is 0 Å². The van der Waals surface area contributed by atoms with Crippen LogP contribution in [-0.4, -0.2) is 18.3 Å². The third kappa shape index (κ3) is 12.9. The van der Waals surface area contributed by atoms with Crippen molar-refractivity contribution in [3.05, 3.63) is 411 Å². The normalized spacial score (nSPS) is 11.9. The van der Waals surface area contributed by atoms with Gasteiger partial charge in [0.05, 0.1) is 0 Å². The van der Waals surface area contributed by atoms with E-state index in [2.05, 4.69) is 462 Å². The van der Waals surface area contributed by atoms with E-state index in [0.717, 1.165) is 26.2 Å². The van der Waals surface area contributed by atoms with Gasteiger partial charge in [0.15, 0.2) is 0 Å². The van der Waals surface area contributed by atoms with Crippen molar-refractivity contribution in [1.82, 2.24) is 18.3 Å². The molecule has 0 amide bonds. The summed E-state index contributed by atoms with van der Waals surface area (Å²) in [5, 5.41) is 20.7. The predicted molar refractivity (Wildman–Crippen MR) is 551 cm³/mol. The largest absolute Gasteiger partial charge is 0.341 e. The van der Waals surface area contributed by atoms with Crippen LogP contribution >= 0.6 is 0 Å². The van der Waals surface area contributed by atoms with Gasteiger partial charge in [-0.3, -0.25) is 0 Å². The maximum Gasteiger partial charge on any atom is 0.0491 e. The lowest BCUT2D eigenvalue weighted by Crippen LogP contribution is -1.93. The molecule has 0 aliphatic rings. The Kier molecular flexibility index (Phi) is 19.0. The molecule has 4 heterocycles. The summed E-state index contributed by atoms with van der Waals surface area (Å²) in [6.45, 7) is 21.5. The van der Waals surface area contributed by atoms with Gasteiger partial charge in [-0.2, -0.15) is 0 Å². The van der Waals surface area contributed by atoms with Gasteiger partial charge in [0, 0.05) is 113 Å². The number of fused-ring (bicyclic) bond motifs is 16. The Morgan fingerprint density at radius 1 is 0.133 bits per heavy atom.